The minimum atomic E-state index is -0.666. The summed E-state index contributed by atoms with van der Waals surface area (Å²) >= 11 is 0. The number of aliphatic carboxylic acids is 1. The van der Waals surface area contributed by atoms with Gasteiger partial charge in [0.25, 0.3) is 0 Å². The monoisotopic (exact) mass is 218 g/mol. The van der Waals surface area contributed by atoms with Gasteiger partial charge in [0.05, 0.1) is 5.41 Å². The average Bonchev–Trinajstić information content (AvgIpc) is 2.94. The molecule has 1 aromatic carbocycles. The Labute approximate surface area is 96.3 Å². The molecule has 0 bridgehead atoms. The van der Waals surface area contributed by atoms with Crippen molar-refractivity contribution < 1.29 is 9.90 Å². The van der Waals surface area contributed by atoms with E-state index in [0.29, 0.717) is 5.92 Å². The zero-order chi connectivity index (χ0) is 11.9. The van der Waals surface area contributed by atoms with Gasteiger partial charge in [-0.15, -0.1) is 0 Å². The first-order chi connectivity index (χ1) is 7.50. The van der Waals surface area contributed by atoms with Gasteiger partial charge in [0, 0.05) is 0 Å². The molecule has 0 heterocycles. The average molecular weight is 218 g/mol. The molecule has 2 unspecified atom stereocenters. The lowest BCUT2D eigenvalue weighted by atomic mass is 9.87. The molecule has 0 radical (unpaired) electrons. The van der Waals surface area contributed by atoms with Crippen molar-refractivity contribution in [2.45, 2.75) is 32.6 Å². The summed E-state index contributed by atoms with van der Waals surface area (Å²) in [6.07, 6.45) is 0.783. The highest BCUT2D eigenvalue weighted by atomic mass is 16.4. The zero-order valence-corrected chi connectivity index (χ0v) is 10.0. The first-order valence-corrected chi connectivity index (χ1v) is 5.79. The smallest absolute Gasteiger partial charge is 0.314 e. The quantitative estimate of drug-likeness (QED) is 0.846. The van der Waals surface area contributed by atoms with Gasteiger partial charge < -0.3 is 5.11 Å². The van der Waals surface area contributed by atoms with E-state index in [1.54, 1.807) is 0 Å². The maximum absolute atomic E-state index is 11.6. The Morgan fingerprint density at radius 3 is 2.50 bits per heavy atom. The fraction of sp³-hybridized carbons (Fsp3) is 0.500. The first kappa shape index (κ1) is 11.2. The summed E-state index contributed by atoms with van der Waals surface area (Å²) in [7, 11) is 0. The Balaban J connectivity index is 2.45. The van der Waals surface area contributed by atoms with E-state index < -0.39 is 11.4 Å². The minimum absolute atomic E-state index is 0.283. The number of carboxylic acids is 1. The van der Waals surface area contributed by atoms with E-state index in [1.165, 1.54) is 0 Å². The molecule has 0 spiro atoms. The number of hydrogen-bond donors (Lipinski definition) is 1. The first-order valence-electron chi connectivity index (χ1n) is 5.79. The molecule has 1 aliphatic rings. The number of carboxylic acid groups (broad SMARTS) is 1. The summed E-state index contributed by atoms with van der Waals surface area (Å²) in [4.78, 5) is 11.6. The van der Waals surface area contributed by atoms with Crippen molar-refractivity contribution in [1.82, 2.24) is 0 Å². The van der Waals surface area contributed by atoms with Gasteiger partial charge >= 0.3 is 5.97 Å². The van der Waals surface area contributed by atoms with Crippen LogP contribution in [0.2, 0.25) is 0 Å². The second-order valence-corrected chi connectivity index (χ2v) is 5.15. The van der Waals surface area contributed by atoms with Crippen LogP contribution in [0.3, 0.4) is 0 Å². The number of aryl methyl sites for hydroxylation is 1. The molecule has 16 heavy (non-hydrogen) atoms. The van der Waals surface area contributed by atoms with E-state index in [4.69, 9.17) is 0 Å². The van der Waals surface area contributed by atoms with E-state index >= 15 is 0 Å². The van der Waals surface area contributed by atoms with Gasteiger partial charge in [-0.25, -0.2) is 0 Å². The Morgan fingerprint density at radius 1 is 1.44 bits per heavy atom. The van der Waals surface area contributed by atoms with Gasteiger partial charge in [0.15, 0.2) is 0 Å². The molecule has 0 aromatic heterocycles. The van der Waals surface area contributed by atoms with E-state index in [1.807, 2.05) is 31.2 Å². The highest BCUT2D eigenvalue weighted by molar-refractivity contribution is 5.86. The van der Waals surface area contributed by atoms with Gasteiger partial charge in [-0.2, -0.15) is 0 Å². The molecule has 0 aliphatic heterocycles. The lowest BCUT2D eigenvalue weighted by Crippen LogP contribution is -2.25. The standard InChI is InChI=1S/C14H18O2/c1-9(2)12-8-14(12,13(15)16)11-7-5-4-6-10(11)3/h4-7,9,12H,8H2,1-3H3,(H,15,16). The molecular weight excluding hydrogens is 200 g/mol. The van der Waals surface area contributed by atoms with Crippen LogP contribution in [-0.4, -0.2) is 11.1 Å². The Morgan fingerprint density at radius 2 is 2.06 bits per heavy atom. The highest BCUT2D eigenvalue weighted by Crippen LogP contribution is 2.58. The van der Waals surface area contributed by atoms with Crippen LogP contribution in [0.5, 0.6) is 0 Å². The normalized spacial score (nSPS) is 28.1. The molecule has 2 atom stereocenters. The summed E-state index contributed by atoms with van der Waals surface area (Å²) < 4.78 is 0. The second kappa shape index (κ2) is 3.62. The fourth-order valence-corrected chi connectivity index (χ4v) is 2.84. The molecule has 2 heteroatoms. The Kier molecular flexibility index (Phi) is 2.53. The maximum Gasteiger partial charge on any atom is 0.314 e. The van der Waals surface area contributed by atoms with E-state index in [9.17, 15) is 9.90 Å². The van der Waals surface area contributed by atoms with Crippen LogP contribution in [0.25, 0.3) is 0 Å². The molecular formula is C14H18O2. The van der Waals surface area contributed by atoms with Gasteiger partial charge in [-0.1, -0.05) is 38.1 Å². The third-order valence-corrected chi connectivity index (χ3v) is 3.83. The van der Waals surface area contributed by atoms with Crippen molar-refractivity contribution in [2.24, 2.45) is 11.8 Å². The molecule has 0 amide bonds. The van der Waals surface area contributed by atoms with Crippen LogP contribution in [0.4, 0.5) is 0 Å². The van der Waals surface area contributed by atoms with Crippen molar-refractivity contribution in [3.8, 4) is 0 Å². The van der Waals surface area contributed by atoms with Crippen molar-refractivity contribution >= 4 is 5.97 Å². The number of carbonyl (C=O) groups is 1. The fourth-order valence-electron chi connectivity index (χ4n) is 2.84. The number of hydrogen-bond acceptors (Lipinski definition) is 1. The van der Waals surface area contributed by atoms with E-state index in [0.717, 1.165) is 17.5 Å². The summed E-state index contributed by atoms with van der Waals surface area (Å²) in [5, 5.41) is 9.50. The van der Waals surface area contributed by atoms with Crippen LogP contribution in [0, 0.1) is 18.8 Å². The summed E-state index contributed by atoms with van der Waals surface area (Å²) in [5.41, 5.74) is 1.48. The van der Waals surface area contributed by atoms with Gasteiger partial charge in [-0.3, -0.25) is 4.79 Å². The van der Waals surface area contributed by atoms with Crippen molar-refractivity contribution in [2.75, 3.05) is 0 Å². The molecule has 1 N–H and O–H groups in total. The van der Waals surface area contributed by atoms with Gasteiger partial charge in [0.1, 0.15) is 0 Å². The molecule has 2 nitrogen and oxygen atoms in total. The third kappa shape index (κ3) is 1.44. The van der Waals surface area contributed by atoms with Crippen LogP contribution in [-0.2, 0) is 10.2 Å². The second-order valence-electron chi connectivity index (χ2n) is 5.15. The molecule has 1 aliphatic carbocycles. The van der Waals surface area contributed by atoms with Crippen molar-refractivity contribution in [1.29, 1.82) is 0 Å². The predicted octanol–water partition coefficient (Wildman–Crippen LogP) is 2.99. The third-order valence-electron chi connectivity index (χ3n) is 3.83. The van der Waals surface area contributed by atoms with E-state index in [2.05, 4.69) is 13.8 Å². The molecule has 1 fully saturated rings. The maximum atomic E-state index is 11.6. The van der Waals surface area contributed by atoms with Gasteiger partial charge in [-0.05, 0) is 36.3 Å². The minimum Gasteiger partial charge on any atom is -0.481 e. The van der Waals surface area contributed by atoms with Crippen LogP contribution in [0.1, 0.15) is 31.4 Å². The van der Waals surface area contributed by atoms with E-state index in [-0.39, 0.29) is 5.92 Å². The predicted molar refractivity (Wildman–Crippen MR) is 63.4 cm³/mol. The molecule has 2 rings (SSSR count). The molecule has 1 saturated carbocycles. The van der Waals surface area contributed by atoms with Crippen molar-refractivity contribution in [3.05, 3.63) is 35.4 Å². The molecule has 86 valence electrons. The summed E-state index contributed by atoms with van der Waals surface area (Å²) in [6, 6.07) is 7.85. The van der Waals surface area contributed by atoms with Crippen LogP contribution in [0.15, 0.2) is 24.3 Å². The topological polar surface area (TPSA) is 37.3 Å². The highest BCUT2D eigenvalue weighted by Gasteiger charge is 2.62. The zero-order valence-electron chi connectivity index (χ0n) is 10.0. The lowest BCUT2D eigenvalue weighted by Gasteiger charge is -2.17. The van der Waals surface area contributed by atoms with Crippen LogP contribution >= 0.6 is 0 Å². The Hall–Kier alpha value is -1.31. The summed E-state index contributed by atoms with van der Waals surface area (Å²) in [5.74, 6) is 0.0438. The summed E-state index contributed by atoms with van der Waals surface area (Å²) in [6.45, 7) is 6.21. The number of benzene rings is 1. The SMILES string of the molecule is Cc1ccccc1C1(C(=O)O)CC1C(C)C. The van der Waals surface area contributed by atoms with Gasteiger partial charge in [0.2, 0.25) is 0 Å². The van der Waals surface area contributed by atoms with Crippen LogP contribution < -0.4 is 0 Å². The molecule has 1 aromatic rings. The number of rotatable bonds is 3. The lowest BCUT2D eigenvalue weighted by molar-refractivity contribution is -0.140. The largest absolute Gasteiger partial charge is 0.481 e. The van der Waals surface area contributed by atoms with Crippen molar-refractivity contribution in [3.63, 3.8) is 0 Å². The molecule has 0 saturated heterocycles. The Bertz CT molecular complexity index is 422.